The van der Waals surface area contributed by atoms with Gasteiger partial charge in [-0.2, -0.15) is 0 Å². The molecule has 0 amide bonds. The fourth-order valence-corrected chi connectivity index (χ4v) is 4.02. The topological polar surface area (TPSA) is 6.48 Å². The van der Waals surface area contributed by atoms with Crippen LogP contribution in [0.15, 0.2) is 65.0 Å². The van der Waals surface area contributed by atoms with Gasteiger partial charge in [0.2, 0.25) is 0 Å². The van der Waals surface area contributed by atoms with Gasteiger partial charge in [0.05, 0.1) is 5.69 Å². The van der Waals surface area contributed by atoms with Crippen molar-refractivity contribution < 1.29 is 0 Å². The second kappa shape index (κ2) is 7.14. The molecule has 1 aliphatic rings. The van der Waals surface area contributed by atoms with Gasteiger partial charge in [0.1, 0.15) is 0 Å². The Morgan fingerprint density at radius 2 is 1.70 bits per heavy atom. The normalized spacial score (nSPS) is 14.9. The number of piperazine rings is 1. The predicted octanol–water partition coefficient (Wildman–Crippen LogP) is 4.72. The first-order valence-electron chi connectivity index (χ1n) is 8.13. The molecular weight excluding hydrogens is 300 g/mol. The molecule has 3 heteroatoms. The van der Waals surface area contributed by atoms with Crippen molar-refractivity contribution in [2.24, 2.45) is 0 Å². The van der Waals surface area contributed by atoms with Gasteiger partial charge in [0.25, 0.3) is 0 Å². The average molecular weight is 324 g/mol. The zero-order valence-electron chi connectivity index (χ0n) is 14.0. The number of rotatable bonds is 4. The Bertz CT molecular complexity index is 688. The largest absolute Gasteiger partial charge is 0.374 e. The van der Waals surface area contributed by atoms with Gasteiger partial charge in [-0.25, -0.2) is 0 Å². The molecular formula is C20H24N2S. The van der Waals surface area contributed by atoms with E-state index in [-0.39, 0.29) is 0 Å². The third-order valence-corrected chi connectivity index (χ3v) is 5.57. The summed E-state index contributed by atoms with van der Waals surface area (Å²) >= 11 is 1.87. The van der Waals surface area contributed by atoms with Gasteiger partial charge in [-0.3, -0.25) is 0 Å². The van der Waals surface area contributed by atoms with E-state index in [2.05, 4.69) is 72.7 Å². The summed E-state index contributed by atoms with van der Waals surface area (Å²) < 4.78 is 0. The van der Waals surface area contributed by atoms with E-state index in [0.29, 0.717) is 0 Å². The summed E-state index contributed by atoms with van der Waals surface area (Å²) in [7, 11) is 0. The van der Waals surface area contributed by atoms with E-state index in [4.69, 9.17) is 0 Å². The minimum atomic E-state index is 1.05. The number of anilines is 1. The lowest BCUT2D eigenvalue weighted by Gasteiger charge is -2.36. The van der Waals surface area contributed by atoms with Gasteiger partial charge >= 0.3 is 0 Å². The summed E-state index contributed by atoms with van der Waals surface area (Å²) in [6.07, 6.45) is 1.95. The molecule has 0 saturated carbocycles. The van der Waals surface area contributed by atoms with Crippen molar-refractivity contribution in [3.63, 3.8) is 0 Å². The standard InChI is InChI=1S/C20H24N2S/c1-4-21-11-13-22(14-12-21)18-7-5-6-8-20(18)23-19-10-9-16(2)15-17(19)3/h4-10,15H,1,11-14H2,2-3H3. The number of nitrogens with zero attached hydrogens (tertiary/aromatic N) is 2. The summed E-state index contributed by atoms with van der Waals surface area (Å²) in [4.78, 5) is 7.46. The highest BCUT2D eigenvalue weighted by molar-refractivity contribution is 7.99. The minimum absolute atomic E-state index is 1.05. The van der Waals surface area contributed by atoms with E-state index >= 15 is 0 Å². The van der Waals surface area contributed by atoms with Crippen molar-refractivity contribution in [2.75, 3.05) is 31.1 Å². The van der Waals surface area contributed by atoms with E-state index in [1.54, 1.807) is 0 Å². The average Bonchev–Trinajstić information content (AvgIpc) is 2.58. The van der Waals surface area contributed by atoms with Crippen LogP contribution in [0.1, 0.15) is 11.1 Å². The number of benzene rings is 2. The molecule has 1 saturated heterocycles. The molecule has 0 radical (unpaired) electrons. The van der Waals surface area contributed by atoms with E-state index in [1.807, 2.05) is 18.0 Å². The summed E-state index contributed by atoms with van der Waals surface area (Å²) in [5, 5.41) is 0. The molecule has 120 valence electrons. The fourth-order valence-electron chi connectivity index (χ4n) is 2.98. The van der Waals surface area contributed by atoms with Gasteiger partial charge in [0.15, 0.2) is 0 Å². The molecule has 0 atom stereocenters. The molecule has 0 spiro atoms. The molecule has 0 unspecified atom stereocenters. The monoisotopic (exact) mass is 324 g/mol. The Morgan fingerprint density at radius 1 is 0.957 bits per heavy atom. The predicted molar refractivity (Wildman–Crippen MR) is 100 cm³/mol. The SMILES string of the molecule is C=CN1CCN(c2ccccc2Sc2ccc(C)cc2C)CC1. The third kappa shape index (κ3) is 3.73. The molecule has 1 aliphatic heterocycles. The van der Waals surface area contributed by atoms with E-state index in [9.17, 15) is 0 Å². The van der Waals surface area contributed by atoms with E-state index in [1.165, 1.54) is 26.6 Å². The van der Waals surface area contributed by atoms with Crippen molar-refractivity contribution >= 4 is 17.4 Å². The second-order valence-corrected chi connectivity index (χ2v) is 7.13. The highest BCUT2D eigenvalue weighted by Gasteiger charge is 2.17. The summed E-state index contributed by atoms with van der Waals surface area (Å²) in [6, 6.07) is 15.4. The first-order valence-corrected chi connectivity index (χ1v) is 8.95. The van der Waals surface area contributed by atoms with Crippen LogP contribution in [0.25, 0.3) is 0 Å². The summed E-state index contributed by atoms with van der Waals surface area (Å²) in [6.45, 7) is 12.4. The third-order valence-electron chi connectivity index (χ3n) is 4.33. The van der Waals surface area contributed by atoms with Crippen molar-refractivity contribution in [3.8, 4) is 0 Å². The van der Waals surface area contributed by atoms with Crippen LogP contribution in [0.2, 0.25) is 0 Å². The van der Waals surface area contributed by atoms with Gasteiger partial charge in [-0.05, 0) is 43.8 Å². The Balaban J connectivity index is 1.82. The molecule has 1 fully saturated rings. The highest BCUT2D eigenvalue weighted by atomic mass is 32.2. The first kappa shape index (κ1) is 16.0. The molecule has 3 rings (SSSR count). The molecule has 0 aliphatic carbocycles. The second-order valence-electron chi connectivity index (χ2n) is 6.04. The molecule has 23 heavy (non-hydrogen) atoms. The van der Waals surface area contributed by atoms with Crippen molar-refractivity contribution in [1.82, 2.24) is 4.90 Å². The van der Waals surface area contributed by atoms with Crippen LogP contribution >= 0.6 is 11.8 Å². The zero-order chi connectivity index (χ0) is 16.2. The van der Waals surface area contributed by atoms with Gasteiger partial charge in [-0.15, -0.1) is 0 Å². The summed E-state index contributed by atoms with van der Waals surface area (Å²) in [5.74, 6) is 0. The molecule has 2 aromatic rings. The summed E-state index contributed by atoms with van der Waals surface area (Å²) in [5.41, 5.74) is 4.02. The van der Waals surface area contributed by atoms with Crippen LogP contribution in [0.4, 0.5) is 5.69 Å². The van der Waals surface area contributed by atoms with Crippen molar-refractivity contribution in [2.45, 2.75) is 23.6 Å². The van der Waals surface area contributed by atoms with Crippen LogP contribution < -0.4 is 4.90 Å². The quantitative estimate of drug-likeness (QED) is 0.803. The highest BCUT2D eigenvalue weighted by Crippen LogP contribution is 2.37. The van der Waals surface area contributed by atoms with E-state index in [0.717, 1.165) is 26.2 Å². The molecule has 1 heterocycles. The Hall–Kier alpha value is -1.87. The lowest BCUT2D eigenvalue weighted by atomic mass is 10.2. The number of hydrogen-bond acceptors (Lipinski definition) is 3. The number of para-hydroxylation sites is 1. The number of aryl methyl sites for hydroxylation is 2. The van der Waals surface area contributed by atoms with Crippen LogP contribution in [-0.4, -0.2) is 31.1 Å². The van der Waals surface area contributed by atoms with Crippen LogP contribution in [0, 0.1) is 13.8 Å². The Morgan fingerprint density at radius 3 is 2.39 bits per heavy atom. The van der Waals surface area contributed by atoms with Crippen LogP contribution in [0.5, 0.6) is 0 Å². The maximum atomic E-state index is 3.88. The smallest absolute Gasteiger partial charge is 0.0509 e. The Kier molecular flexibility index (Phi) is 4.97. The van der Waals surface area contributed by atoms with Gasteiger partial charge in [0, 0.05) is 36.0 Å². The maximum Gasteiger partial charge on any atom is 0.0509 e. The van der Waals surface area contributed by atoms with Crippen LogP contribution in [0.3, 0.4) is 0 Å². The van der Waals surface area contributed by atoms with Gasteiger partial charge in [-0.1, -0.05) is 48.2 Å². The zero-order valence-corrected chi connectivity index (χ0v) is 14.8. The molecule has 2 aromatic carbocycles. The Labute approximate surface area is 143 Å². The molecule has 2 nitrogen and oxygen atoms in total. The van der Waals surface area contributed by atoms with Gasteiger partial charge < -0.3 is 9.80 Å². The number of hydrogen-bond donors (Lipinski definition) is 0. The fraction of sp³-hybridized carbons (Fsp3) is 0.300. The van der Waals surface area contributed by atoms with Crippen molar-refractivity contribution in [3.05, 3.63) is 66.4 Å². The van der Waals surface area contributed by atoms with Crippen molar-refractivity contribution in [1.29, 1.82) is 0 Å². The maximum absolute atomic E-state index is 3.88. The molecule has 0 N–H and O–H groups in total. The lowest BCUT2D eigenvalue weighted by molar-refractivity contribution is 0.349. The van der Waals surface area contributed by atoms with Crippen LogP contribution in [-0.2, 0) is 0 Å². The molecule has 0 aromatic heterocycles. The molecule has 0 bridgehead atoms. The first-order chi connectivity index (χ1) is 11.2. The van der Waals surface area contributed by atoms with E-state index < -0.39 is 0 Å². The lowest BCUT2D eigenvalue weighted by Crippen LogP contribution is -2.44. The minimum Gasteiger partial charge on any atom is -0.374 e.